The Morgan fingerprint density at radius 3 is 2.44 bits per heavy atom. The number of hydrogen-bond acceptors (Lipinski definition) is 5. The Morgan fingerprint density at radius 1 is 1.12 bits per heavy atom. The molecule has 25 heavy (non-hydrogen) atoms. The van der Waals surface area contributed by atoms with Crippen molar-refractivity contribution in [1.29, 1.82) is 0 Å². The number of ether oxygens (including phenoxy) is 1. The zero-order chi connectivity index (χ0) is 18.1. The summed E-state index contributed by atoms with van der Waals surface area (Å²) in [6.45, 7) is 0.134. The number of carbonyl (C=O) groups is 2. The van der Waals surface area contributed by atoms with Gasteiger partial charge in [0.2, 0.25) is 0 Å². The molecule has 0 aliphatic rings. The number of carbonyl (C=O) groups excluding carboxylic acids is 2. The largest absolute Gasteiger partial charge is 0.465 e. The lowest BCUT2D eigenvalue weighted by Crippen LogP contribution is -2.26. The van der Waals surface area contributed by atoms with Crippen molar-refractivity contribution in [2.45, 2.75) is 6.54 Å². The van der Waals surface area contributed by atoms with Crippen LogP contribution in [0.3, 0.4) is 0 Å². The van der Waals surface area contributed by atoms with Crippen molar-refractivity contribution in [1.82, 2.24) is 5.32 Å². The van der Waals surface area contributed by atoms with Crippen LogP contribution in [0.2, 0.25) is 5.02 Å². The van der Waals surface area contributed by atoms with E-state index in [-0.39, 0.29) is 12.5 Å². The molecule has 2 rings (SSSR count). The van der Waals surface area contributed by atoms with Crippen molar-refractivity contribution >= 4 is 29.7 Å². The van der Waals surface area contributed by atoms with Crippen LogP contribution in [0.15, 0.2) is 53.7 Å². The summed E-state index contributed by atoms with van der Waals surface area (Å²) in [6.07, 6.45) is 1.50. The molecule has 6 nitrogen and oxygen atoms in total. The van der Waals surface area contributed by atoms with Gasteiger partial charge < -0.3 is 14.9 Å². The molecule has 1 N–H and O–H groups in total. The summed E-state index contributed by atoms with van der Waals surface area (Å²) >= 11 is 5.78. The SMILES string of the molecule is COC(=O)c1ccc(CNC(=O)CO/N=C\c2ccc(Cl)cc2)cc1. The quantitative estimate of drug-likeness (QED) is 0.468. The second-order valence-corrected chi connectivity index (χ2v) is 5.46. The van der Waals surface area contributed by atoms with Crippen LogP contribution in [0.4, 0.5) is 0 Å². The first-order valence-corrected chi connectivity index (χ1v) is 7.81. The maximum atomic E-state index is 11.7. The standard InChI is InChI=1S/C18H17ClN2O4/c1-24-18(23)15-6-2-13(3-7-15)10-20-17(22)12-25-21-11-14-4-8-16(19)9-5-14/h2-9,11H,10,12H2,1H3,(H,20,22)/b21-11-. The Balaban J connectivity index is 1.71. The minimum Gasteiger partial charge on any atom is -0.465 e. The highest BCUT2D eigenvalue weighted by atomic mass is 35.5. The number of nitrogens with zero attached hydrogens (tertiary/aromatic N) is 1. The molecule has 0 bridgehead atoms. The Kier molecular flexibility index (Phi) is 6.98. The molecule has 0 aliphatic heterocycles. The predicted molar refractivity (Wildman–Crippen MR) is 94.6 cm³/mol. The van der Waals surface area contributed by atoms with E-state index in [2.05, 4.69) is 15.2 Å². The fraction of sp³-hybridized carbons (Fsp3) is 0.167. The first-order valence-electron chi connectivity index (χ1n) is 7.43. The molecule has 0 radical (unpaired) electrons. The Bertz CT molecular complexity index is 743. The van der Waals surface area contributed by atoms with Gasteiger partial charge in [-0.2, -0.15) is 0 Å². The number of oxime groups is 1. The third kappa shape index (κ3) is 6.27. The predicted octanol–water partition coefficient (Wildman–Crippen LogP) is 2.79. The van der Waals surface area contributed by atoms with Gasteiger partial charge in [0.1, 0.15) is 0 Å². The van der Waals surface area contributed by atoms with Crippen molar-refractivity contribution < 1.29 is 19.2 Å². The molecule has 0 saturated heterocycles. The van der Waals surface area contributed by atoms with Gasteiger partial charge in [-0.05, 0) is 35.4 Å². The molecule has 2 aromatic carbocycles. The van der Waals surface area contributed by atoms with Crippen molar-refractivity contribution in [2.75, 3.05) is 13.7 Å². The van der Waals surface area contributed by atoms with Crippen LogP contribution in [0.5, 0.6) is 0 Å². The lowest BCUT2D eigenvalue weighted by molar-refractivity contribution is -0.125. The first kappa shape index (κ1) is 18.5. The highest BCUT2D eigenvalue weighted by molar-refractivity contribution is 6.30. The van der Waals surface area contributed by atoms with Gasteiger partial charge in [-0.1, -0.05) is 41.0 Å². The summed E-state index contributed by atoms with van der Waals surface area (Å²) in [5, 5.41) is 7.06. The summed E-state index contributed by atoms with van der Waals surface area (Å²) in [4.78, 5) is 28.0. The Hall–Kier alpha value is -2.86. The van der Waals surface area contributed by atoms with Gasteiger partial charge in [0.25, 0.3) is 5.91 Å². The highest BCUT2D eigenvalue weighted by Crippen LogP contribution is 2.08. The number of rotatable bonds is 7. The monoisotopic (exact) mass is 360 g/mol. The minimum absolute atomic E-state index is 0.190. The van der Waals surface area contributed by atoms with E-state index in [1.165, 1.54) is 13.3 Å². The number of benzene rings is 2. The summed E-state index contributed by atoms with van der Waals surface area (Å²) in [5.74, 6) is -0.701. The average molecular weight is 361 g/mol. The summed E-state index contributed by atoms with van der Waals surface area (Å²) < 4.78 is 4.62. The van der Waals surface area contributed by atoms with Crippen LogP contribution in [0, 0.1) is 0 Å². The topological polar surface area (TPSA) is 77.0 Å². The van der Waals surface area contributed by atoms with E-state index >= 15 is 0 Å². The number of nitrogens with one attached hydrogen (secondary N) is 1. The van der Waals surface area contributed by atoms with Crippen LogP contribution < -0.4 is 5.32 Å². The molecular weight excluding hydrogens is 344 g/mol. The van der Waals surface area contributed by atoms with Gasteiger partial charge in [-0.3, -0.25) is 4.79 Å². The number of halogens is 1. The lowest BCUT2D eigenvalue weighted by Gasteiger charge is -2.05. The van der Waals surface area contributed by atoms with Crippen molar-refractivity contribution in [3.05, 3.63) is 70.2 Å². The molecule has 0 spiro atoms. The molecular formula is C18H17ClN2O4. The summed E-state index contributed by atoms with van der Waals surface area (Å²) in [7, 11) is 1.33. The molecule has 0 aliphatic carbocycles. The average Bonchev–Trinajstić information content (AvgIpc) is 2.64. The molecule has 0 saturated carbocycles. The van der Waals surface area contributed by atoms with E-state index in [0.717, 1.165) is 11.1 Å². The van der Waals surface area contributed by atoms with Crippen LogP contribution in [0.1, 0.15) is 21.5 Å². The molecule has 0 heterocycles. The van der Waals surface area contributed by atoms with Crippen LogP contribution >= 0.6 is 11.6 Å². The zero-order valence-electron chi connectivity index (χ0n) is 13.6. The fourth-order valence-corrected chi connectivity index (χ4v) is 2.00. The molecule has 0 unspecified atom stereocenters. The smallest absolute Gasteiger partial charge is 0.337 e. The van der Waals surface area contributed by atoms with Crippen LogP contribution in [0.25, 0.3) is 0 Å². The maximum absolute atomic E-state index is 11.7. The second kappa shape index (κ2) is 9.44. The molecule has 0 aromatic heterocycles. The third-order valence-corrected chi connectivity index (χ3v) is 3.46. The Morgan fingerprint density at radius 2 is 1.80 bits per heavy atom. The van der Waals surface area contributed by atoms with Gasteiger partial charge in [0.15, 0.2) is 6.61 Å². The zero-order valence-corrected chi connectivity index (χ0v) is 14.3. The van der Waals surface area contributed by atoms with Gasteiger partial charge in [0.05, 0.1) is 18.9 Å². The number of methoxy groups -OCH3 is 1. The molecule has 7 heteroatoms. The summed E-state index contributed by atoms with van der Waals surface area (Å²) in [5.41, 5.74) is 2.12. The maximum Gasteiger partial charge on any atom is 0.337 e. The van der Waals surface area contributed by atoms with E-state index in [4.69, 9.17) is 16.4 Å². The number of amides is 1. The Labute approximate surface area is 150 Å². The molecule has 0 fully saturated rings. The van der Waals surface area contributed by atoms with E-state index in [0.29, 0.717) is 17.1 Å². The van der Waals surface area contributed by atoms with E-state index in [9.17, 15) is 9.59 Å². The minimum atomic E-state index is -0.400. The van der Waals surface area contributed by atoms with Crippen molar-refractivity contribution in [3.8, 4) is 0 Å². The second-order valence-electron chi connectivity index (χ2n) is 5.02. The molecule has 1 amide bonds. The fourth-order valence-electron chi connectivity index (χ4n) is 1.87. The van der Waals surface area contributed by atoms with Crippen molar-refractivity contribution in [2.24, 2.45) is 5.16 Å². The number of hydrogen-bond donors (Lipinski definition) is 1. The number of esters is 1. The van der Waals surface area contributed by atoms with Crippen molar-refractivity contribution in [3.63, 3.8) is 0 Å². The highest BCUT2D eigenvalue weighted by Gasteiger charge is 2.05. The van der Waals surface area contributed by atoms with Gasteiger partial charge in [-0.15, -0.1) is 0 Å². The van der Waals surface area contributed by atoms with Gasteiger partial charge in [-0.25, -0.2) is 4.79 Å². The summed E-state index contributed by atoms with van der Waals surface area (Å²) in [6, 6.07) is 13.8. The molecule has 2 aromatic rings. The van der Waals surface area contributed by atoms with Crippen LogP contribution in [-0.4, -0.2) is 31.8 Å². The van der Waals surface area contributed by atoms with E-state index in [1.807, 2.05) is 0 Å². The normalized spacial score (nSPS) is 10.5. The van der Waals surface area contributed by atoms with E-state index < -0.39 is 5.97 Å². The first-order chi connectivity index (χ1) is 12.1. The lowest BCUT2D eigenvalue weighted by atomic mass is 10.1. The van der Waals surface area contributed by atoms with Crippen LogP contribution in [-0.2, 0) is 20.9 Å². The van der Waals surface area contributed by atoms with E-state index in [1.54, 1.807) is 48.5 Å². The van der Waals surface area contributed by atoms with Gasteiger partial charge >= 0.3 is 5.97 Å². The van der Waals surface area contributed by atoms with Gasteiger partial charge in [0, 0.05) is 11.6 Å². The third-order valence-electron chi connectivity index (χ3n) is 3.21. The molecule has 130 valence electrons. The molecule has 0 atom stereocenters.